The van der Waals surface area contributed by atoms with Crippen LogP contribution < -0.4 is 20.1 Å². The zero-order valence-electron chi connectivity index (χ0n) is 14.5. The summed E-state index contributed by atoms with van der Waals surface area (Å²) in [5.74, 6) is 2.24. The van der Waals surface area contributed by atoms with Gasteiger partial charge in [-0.05, 0) is 48.9 Å². The van der Waals surface area contributed by atoms with E-state index >= 15 is 0 Å². The first-order chi connectivity index (χ1) is 13.2. The standard InChI is InChI=1S/C19H17ClN4O2S/c1-12(21-10-13-2-7-16-17(9-13)26-11-25-16)8-18-23-19(27-24-18)22-15-5-3-14(20)4-6-15/h2-9,21H,10-11H2,1H3,(H,22,23,24)/b12-8+. The van der Waals surface area contributed by atoms with Crippen LogP contribution in [0.15, 0.2) is 48.2 Å². The van der Waals surface area contributed by atoms with Gasteiger partial charge < -0.3 is 20.1 Å². The first-order valence-corrected chi connectivity index (χ1v) is 9.48. The van der Waals surface area contributed by atoms with Crippen molar-refractivity contribution in [3.05, 3.63) is 64.6 Å². The third-order valence-electron chi connectivity index (χ3n) is 3.89. The maximum Gasteiger partial charge on any atom is 0.231 e. The number of rotatable bonds is 6. The van der Waals surface area contributed by atoms with Crippen LogP contribution in [0.25, 0.3) is 6.08 Å². The molecular weight excluding hydrogens is 384 g/mol. The van der Waals surface area contributed by atoms with Crippen LogP contribution in [0.1, 0.15) is 18.3 Å². The second-order valence-electron chi connectivity index (χ2n) is 5.96. The van der Waals surface area contributed by atoms with Gasteiger partial charge in [0, 0.05) is 40.6 Å². The summed E-state index contributed by atoms with van der Waals surface area (Å²) in [6.45, 7) is 2.95. The average molecular weight is 401 g/mol. The van der Waals surface area contributed by atoms with Crippen LogP contribution >= 0.6 is 23.1 Å². The Morgan fingerprint density at radius 2 is 2.00 bits per heavy atom. The van der Waals surface area contributed by atoms with E-state index in [4.69, 9.17) is 21.1 Å². The van der Waals surface area contributed by atoms with Crippen molar-refractivity contribution in [3.8, 4) is 11.5 Å². The van der Waals surface area contributed by atoms with Gasteiger partial charge in [0.15, 0.2) is 17.3 Å². The van der Waals surface area contributed by atoms with Crippen molar-refractivity contribution in [3.63, 3.8) is 0 Å². The molecule has 0 amide bonds. The van der Waals surface area contributed by atoms with Gasteiger partial charge in [-0.3, -0.25) is 0 Å². The van der Waals surface area contributed by atoms with E-state index in [2.05, 4.69) is 20.0 Å². The number of anilines is 2. The van der Waals surface area contributed by atoms with Crippen LogP contribution in [-0.2, 0) is 6.54 Å². The van der Waals surface area contributed by atoms with Crippen LogP contribution in [0, 0.1) is 0 Å². The normalized spacial score (nSPS) is 12.9. The van der Waals surface area contributed by atoms with Gasteiger partial charge in [-0.2, -0.15) is 9.36 Å². The molecule has 0 aliphatic carbocycles. The molecule has 138 valence electrons. The lowest BCUT2D eigenvalue weighted by atomic mass is 10.2. The Hall–Kier alpha value is -2.77. The number of benzene rings is 2. The Morgan fingerprint density at radius 3 is 2.85 bits per heavy atom. The number of hydrogen-bond donors (Lipinski definition) is 2. The fourth-order valence-corrected chi connectivity index (χ4v) is 3.24. The summed E-state index contributed by atoms with van der Waals surface area (Å²) < 4.78 is 15.1. The quantitative estimate of drug-likeness (QED) is 0.618. The molecule has 8 heteroatoms. The molecule has 1 aliphatic rings. The zero-order valence-corrected chi connectivity index (χ0v) is 16.1. The molecule has 2 heterocycles. The van der Waals surface area contributed by atoms with Gasteiger partial charge in [-0.25, -0.2) is 0 Å². The molecule has 0 unspecified atom stereocenters. The summed E-state index contributed by atoms with van der Waals surface area (Å²) in [6.07, 6.45) is 1.91. The van der Waals surface area contributed by atoms with E-state index in [1.807, 2.05) is 55.5 Å². The van der Waals surface area contributed by atoms with Crippen molar-refractivity contribution in [1.82, 2.24) is 14.7 Å². The van der Waals surface area contributed by atoms with Gasteiger partial charge in [-0.15, -0.1) is 0 Å². The van der Waals surface area contributed by atoms with Gasteiger partial charge in [-0.1, -0.05) is 17.7 Å². The second-order valence-corrected chi connectivity index (χ2v) is 7.15. The Kier molecular flexibility index (Phi) is 5.13. The van der Waals surface area contributed by atoms with Crippen molar-refractivity contribution in [2.45, 2.75) is 13.5 Å². The van der Waals surface area contributed by atoms with E-state index < -0.39 is 0 Å². The van der Waals surface area contributed by atoms with Gasteiger partial charge in [0.2, 0.25) is 11.9 Å². The molecule has 0 saturated carbocycles. The smallest absolute Gasteiger partial charge is 0.231 e. The minimum Gasteiger partial charge on any atom is -0.454 e. The van der Waals surface area contributed by atoms with Gasteiger partial charge in [0.25, 0.3) is 0 Å². The summed E-state index contributed by atoms with van der Waals surface area (Å²) in [6, 6.07) is 13.4. The van der Waals surface area contributed by atoms with Gasteiger partial charge in [0.1, 0.15) is 0 Å². The molecule has 6 nitrogen and oxygen atoms in total. The van der Waals surface area contributed by atoms with Crippen LogP contribution in [-0.4, -0.2) is 16.2 Å². The first-order valence-electron chi connectivity index (χ1n) is 8.33. The Balaban J connectivity index is 1.35. The number of nitrogens with zero attached hydrogens (tertiary/aromatic N) is 2. The molecule has 27 heavy (non-hydrogen) atoms. The van der Waals surface area contributed by atoms with E-state index in [0.29, 0.717) is 17.4 Å². The highest BCUT2D eigenvalue weighted by Gasteiger charge is 2.13. The third-order valence-corrected chi connectivity index (χ3v) is 4.79. The maximum atomic E-state index is 5.90. The maximum absolute atomic E-state index is 5.90. The predicted octanol–water partition coefficient (Wildman–Crippen LogP) is 4.81. The Morgan fingerprint density at radius 1 is 1.19 bits per heavy atom. The molecule has 0 spiro atoms. The summed E-state index contributed by atoms with van der Waals surface area (Å²) in [5.41, 5.74) is 3.01. The topological polar surface area (TPSA) is 68.3 Å². The Labute approximate surface area is 166 Å². The van der Waals surface area contributed by atoms with Gasteiger partial charge >= 0.3 is 0 Å². The van der Waals surface area contributed by atoms with Crippen LogP contribution in [0.5, 0.6) is 11.5 Å². The fourth-order valence-electron chi connectivity index (χ4n) is 2.54. The van der Waals surface area contributed by atoms with E-state index in [1.165, 1.54) is 11.5 Å². The lowest BCUT2D eigenvalue weighted by Crippen LogP contribution is -2.10. The van der Waals surface area contributed by atoms with Crippen LogP contribution in [0.4, 0.5) is 10.8 Å². The SMILES string of the molecule is C/C(=C\c1nsc(Nc2ccc(Cl)cc2)n1)NCc1ccc2c(c1)OCO2. The number of halogens is 1. The fraction of sp³-hybridized carbons (Fsp3) is 0.158. The molecule has 4 rings (SSSR count). The van der Waals surface area contributed by atoms with Crippen LogP contribution in [0.3, 0.4) is 0 Å². The monoisotopic (exact) mass is 400 g/mol. The van der Waals surface area contributed by atoms with Crippen molar-refractivity contribution < 1.29 is 9.47 Å². The first kappa shape index (κ1) is 17.6. The molecule has 2 N–H and O–H groups in total. The highest BCUT2D eigenvalue weighted by atomic mass is 35.5. The molecule has 0 atom stereocenters. The van der Waals surface area contributed by atoms with E-state index in [-0.39, 0.29) is 6.79 Å². The summed E-state index contributed by atoms with van der Waals surface area (Å²) in [5, 5.41) is 8.00. The molecular formula is C19H17ClN4O2S. The predicted molar refractivity (Wildman–Crippen MR) is 108 cm³/mol. The molecule has 0 saturated heterocycles. The highest BCUT2D eigenvalue weighted by Crippen LogP contribution is 2.32. The number of allylic oxidation sites excluding steroid dienone is 1. The number of ether oxygens (including phenoxy) is 2. The van der Waals surface area contributed by atoms with Crippen molar-refractivity contribution in [1.29, 1.82) is 0 Å². The minimum absolute atomic E-state index is 0.285. The Bertz CT molecular complexity index is 972. The molecule has 0 fully saturated rings. The molecule has 0 bridgehead atoms. The average Bonchev–Trinajstić information content (AvgIpc) is 3.30. The third kappa shape index (κ3) is 4.50. The van der Waals surface area contributed by atoms with Crippen molar-refractivity contribution in [2.24, 2.45) is 0 Å². The minimum atomic E-state index is 0.285. The molecule has 2 aromatic carbocycles. The van der Waals surface area contributed by atoms with E-state index in [9.17, 15) is 0 Å². The van der Waals surface area contributed by atoms with Crippen LogP contribution in [0.2, 0.25) is 5.02 Å². The second kappa shape index (κ2) is 7.85. The summed E-state index contributed by atoms with van der Waals surface area (Å²) >= 11 is 7.21. The number of aromatic nitrogens is 2. The van der Waals surface area contributed by atoms with Crippen molar-refractivity contribution >= 4 is 40.0 Å². The van der Waals surface area contributed by atoms with E-state index in [0.717, 1.165) is 33.6 Å². The lowest BCUT2D eigenvalue weighted by Gasteiger charge is -2.07. The highest BCUT2D eigenvalue weighted by molar-refractivity contribution is 7.09. The van der Waals surface area contributed by atoms with Crippen molar-refractivity contribution in [2.75, 3.05) is 12.1 Å². The summed E-state index contributed by atoms with van der Waals surface area (Å²) in [7, 11) is 0. The molecule has 0 radical (unpaired) electrons. The lowest BCUT2D eigenvalue weighted by molar-refractivity contribution is 0.174. The largest absolute Gasteiger partial charge is 0.454 e. The zero-order chi connectivity index (χ0) is 18.6. The molecule has 1 aromatic heterocycles. The van der Waals surface area contributed by atoms with E-state index in [1.54, 1.807) is 0 Å². The number of fused-ring (bicyclic) bond motifs is 1. The summed E-state index contributed by atoms with van der Waals surface area (Å²) in [4.78, 5) is 4.48. The molecule has 1 aliphatic heterocycles. The number of hydrogen-bond acceptors (Lipinski definition) is 7. The number of nitrogens with one attached hydrogen (secondary N) is 2. The molecule has 3 aromatic rings. The van der Waals surface area contributed by atoms with Gasteiger partial charge in [0.05, 0.1) is 0 Å².